The minimum atomic E-state index is -1.26. The Morgan fingerprint density at radius 3 is 2.64 bits per heavy atom. The fourth-order valence-electron chi connectivity index (χ4n) is 3.02. The number of rotatable bonds is 3. The number of hydrogen-bond donors (Lipinski definition) is 0. The zero-order valence-corrected chi connectivity index (χ0v) is 14.6. The van der Waals surface area contributed by atoms with Crippen molar-refractivity contribution in [2.75, 3.05) is 0 Å². The summed E-state index contributed by atoms with van der Waals surface area (Å²) in [6.45, 7) is 0. The summed E-state index contributed by atoms with van der Waals surface area (Å²) in [6.07, 6.45) is 0.902. The highest BCUT2D eigenvalue weighted by atomic mass is 35.5. The Morgan fingerprint density at radius 1 is 1.24 bits per heavy atom. The van der Waals surface area contributed by atoms with Crippen LogP contribution in [-0.4, -0.2) is 14.3 Å². The Balaban J connectivity index is 1.94. The molecule has 0 amide bonds. The number of nitrogens with zero attached hydrogens (tertiary/aromatic N) is 3. The molecule has 1 aliphatic rings. The fourth-order valence-corrected chi connectivity index (χ4v) is 3.48. The molecule has 1 aromatic heterocycles. The van der Waals surface area contributed by atoms with E-state index in [1.165, 1.54) is 23.1 Å². The largest absolute Gasteiger partial charge is 0.334 e. The third kappa shape index (κ3) is 2.42. The van der Waals surface area contributed by atoms with Crippen LogP contribution in [0.15, 0.2) is 48.8 Å². The molecular formula is C17H12ClF2N3OS. The number of aryl methyl sites for hydroxylation is 1. The van der Waals surface area contributed by atoms with Gasteiger partial charge in [-0.2, -0.15) is 5.10 Å². The number of hydrogen-bond acceptors (Lipinski definition) is 3. The average Bonchev–Trinajstić information content (AvgIpc) is 3.21. The molecule has 2 heterocycles. The van der Waals surface area contributed by atoms with Crippen LogP contribution in [0.4, 0.5) is 8.78 Å². The molecule has 8 heteroatoms. The van der Waals surface area contributed by atoms with E-state index in [4.69, 9.17) is 28.6 Å². The standard InChI is InChI=1S/C17H12ClF2N3OS/c1-22-16(25)23(9-21-22)17(12-7-6-10(19)8-14(12)20)15(24-17)11-4-2-3-5-13(11)18/h2-9,15H,1H3/t15-,17+/m0/s1. The molecule has 4 nitrogen and oxygen atoms in total. The molecule has 1 aliphatic heterocycles. The zero-order valence-electron chi connectivity index (χ0n) is 13.0. The SMILES string of the molecule is Cn1ncn([C@]2(c3ccc(F)cc3F)O[C@H]2c2ccccc2Cl)c1=S. The van der Waals surface area contributed by atoms with Crippen LogP contribution in [0.25, 0.3) is 0 Å². The van der Waals surface area contributed by atoms with Crippen molar-refractivity contribution < 1.29 is 13.5 Å². The van der Waals surface area contributed by atoms with E-state index in [1.54, 1.807) is 29.8 Å². The molecule has 3 aromatic rings. The van der Waals surface area contributed by atoms with Gasteiger partial charge in [0.2, 0.25) is 5.72 Å². The number of benzene rings is 2. The summed E-state index contributed by atoms with van der Waals surface area (Å²) in [4.78, 5) is 0. The van der Waals surface area contributed by atoms with E-state index in [-0.39, 0.29) is 5.56 Å². The van der Waals surface area contributed by atoms with Crippen LogP contribution in [0.1, 0.15) is 17.2 Å². The van der Waals surface area contributed by atoms with Gasteiger partial charge in [-0.1, -0.05) is 29.8 Å². The second kappa shape index (κ2) is 5.72. The fraction of sp³-hybridized carbons (Fsp3) is 0.176. The Labute approximate surface area is 152 Å². The normalized spacial score (nSPS) is 22.2. The molecule has 1 saturated heterocycles. The first kappa shape index (κ1) is 16.4. The second-order valence-corrected chi connectivity index (χ2v) is 6.52. The second-order valence-electron chi connectivity index (χ2n) is 5.75. The minimum Gasteiger partial charge on any atom is -0.334 e. The van der Waals surface area contributed by atoms with Gasteiger partial charge in [-0.15, -0.1) is 0 Å². The summed E-state index contributed by atoms with van der Waals surface area (Å²) in [5.74, 6) is -1.39. The van der Waals surface area contributed by atoms with Crippen molar-refractivity contribution in [1.82, 2.24) is 14.3 Å². The van der Waals surface area contributed by atoms with E-state index in [2.05, 4.69) is 5.10 Å². The van der Waals surface area contributed by atoms with Crippen molar-refractivity contribution in [3.8, 4) is 0 Å². The van der Waals surface area contributed by atoms with Crippen LogP contribution in [-0.2, 0) is 17.5 Å². The molecule has 2 atom stereocenters. The molecule has 4 rings (SSSR count). The molecule has 128 valence electrons. The number of epoxide rings is 1. The van der Waals surface area contributed by atoms with Gasteiger partial charge in [0, 0.05) is 29.3 Å². The average molecular weight is 380 g/mol. The topological polar surface area (TPSA) is 35.3 Å². The molecule has 0 aliphatic carbocycles. The smallest absolute Gasteiger partial charge is 0.208 e. The summed E-state index contributed by atoms with van der Waals surface area (Å²) in [5.41, 5.74) is -0.393. The van der Waals surface area contributed by atoms with Gasteiger partial charge in [0.15, 0.2) is 4.77 Å². The first-order valence-corrected chi connectivity index (χ1v) is 8.22. The lowest BCUT2D eigenvalue weighted by atomic mass is 9.98. The first-order chi connectivity index (χ1) is 11.9. The van der Waals surface area contributed by atoms with Crippen LogP contribution in [0, 0.1) is 16.4 Å². The van der Waals surface area contributed by atoms with Crippen LogP contribution in [0.5, 0.6) is 0 Å². The zero-order chi connectivity index (χ0) is 17.8. The van der Waals surface area contributed by atoms with Gasteiger partial charge < -0.3 is 4.74 Å². The third-order valence-electron chi connectivity index (χ3n) is 4.28. The van der Waals surface area contributed by atoms with Crippen molar-refractivity contribution in [1.29, 1.82) is 0 Å². The van der Waals surface area contributed by atoms with E-state index in [9.17, 15) is 8.78 Å². The van der Waals surface area contributed by atoms with Crippen molar-refractivity contribution in [3.05, 3.63) is 81.3 Å². The minimum absolute atomic E-state index is 0.169. The maximum absolute atomic E-state index is 14.6. The lowest BCUT2D eigenvalue weighted by Crippen LogP contribution is -2.23. The molecule has 25 heavy (non-hydrogen) atoms. The van der Waals surface area contributed by atoms with Crippen LogP contribution >= 0.6 is 23.8 Å². The summed E-state index contributed by atoms with van der Waals surface area (Å²) in [5, 5.41) is 4.60. The number of ether oxygens (including phenoxy) is 1. The molecule has 0 spiro atoms. The van der Waals surface area contributed by atoms with E-state index < -0.39 is 23.5 Å². The maximum atomic E-state index is 14.6. The summed E-state index contributed by atoms with van der Waals surface area (Å²) in [7, 11) is 1.68. The van der Waals surface area contributed by atoms with Gasteiger partial charge in [-0.25, -0.2) is 13.5 Å². The predicted octanol–water partition coefficient (Wildman–Crippen LogP) is 4.36. The Hall–Kier alpha value is -2.09. The van der Waals surface area contributed by atoms with Gasteiger partial charge in [-0.3, -0.25) is 4.57 Å². The van der Waals surface area contributed by atoms with Crippen LogP contribution in [0.3, 0.4) is 0 Å². The van der Waals surface area contributed by atoms with Gasteiger partial charge in [0.05, 0.1) is 0 Å². The molecular weight excluding hydrogens is 368 g/mol. The number of halogens is 3. The van der Waals surface area contributed by atoms with Gasteiger partial charge in [0.1, 0.15) is 24.1 Å². The molecule has 0 radical (unpaired) electrons. The third-order valence-corrected chi connectivity index (χ3v) is 5.09. The number of aromatic nitrogens is 3. The maximum Gasteiger partial charge on any atom is 0.208 e. The molecule has 0 bridgehead atoms. The highest BCUT2D eigenvalue weighted by molar-refractivity contribution is 7.71. The molecule has 2 aromatic carbocycles. The van der Waals surface area contributed by atoms with Gasteiger partial charge in [0.25, 0.3) is 0 Å². The molecule has 0 unspecified atom stereocenters. The molecule has 1 fully saturated rings. The van der Waals surface area contributed by atoms with E-state index in [1.807, 2.05) is 6.07 Å². The Morgan fingerprint density at radius 2 is 2.00 bits per heavy atom. The first-order valence-electron chi connectivity index (χ1n) is 7.44. The summed E-state index contributed by atoms with van der Waals surface area (Å²) in [6, 6.07) is 10.5. The van der Waals surface area contributed by atoms with Crippen LogP contribution < -0.4 is 0 Å². The van der Waals surface area contributed by atoms with Crippen molar-refractivity contribution in [3.63, 3.8) is 0 Å². The highest BCUT2D eigenvalue weighted by Gasteiger charge is 2.63. The van der Waals surface area contributed by atoms with Gasteiger partial charge >= 0.3 is 0 Å². The van der Waals surface area contributed by atoms with E-state index in [0.29, 0.717) is 15.4 Å². The van der Waals surface area contributed by atoms with E-state index >= 15 is 0 Å². The van der Waals surface area contributed by atoms with Crippen molar-refractivity contribution >= 4 is 23.8 Å². The summed E-state index contributed by atoms with van der Waals surface area (Å²) < 4.78 is 37.3. The monoisotopic (exact) mass is 379 g/mol. The van der Waals surface area contributed by atoms with Crippen molar-refractivity contribution in [2.24, 2.45) is 7.05 Å². The Bertz CT molecular complexity index is 1030. The van der Waals surface area contributed by atoms with Crippen molar-refractivity contribution in [2.45, 2.75) is 11.8 Å². The lowest BCUT2D eigenvalue weighted by molar-refractivity contribution is 0.253. The molecule has 0 saturated carbocycles. The van der Waals surface area contributed by atoms with Crippen LogP contribution in [0.2, 0.25) is 5.02 Å². The lowest BCUT2D eigenvalue weighted by Gasteiger charge is -2.16. The Kier molecular flexibility index (Phi) is 3.75. The van der Waals surface area contributed by atoms with Gasteiger partial charge in [-0.05, 0) is 30.4 Å². The quantitative estimate of drug-likeness (QED) is 0.501. The van der Waals surface area contributed by atoms with E-state index in [0.717, 1.165) is 6.07 Å². The molecule has 0 N–H and O–H groups in total. The predicted molar refractivity (Wildman–Crippen MR) is 90.7 cm³/mol. The summed E-state index contributed by atoms with van der Waals surface area (Å²) >= 11 is 11.7. The highest BCUT2D eigenvalue weighted by Crippen LogP contribution is 2.59.